The van der Waals surface area contributed by atoms with Crippen LogP contribution in [0, 0.1) is 6.92 Å². The van der Waals surface area contributed by atoms with E-state index in [0.29, 0.717) is 23.4 Å². The zero-order valence-electron chi connectivity index (χ0n) is 19.2. The van der Waals surface area contributed by atoms with Crippen LogP contribution in [0.5, 0.6) is 0 Å². The summed E-state index contributed by atoms with van der Waals surface area (Å²) >= 11 is 0. The molecule has 1 saturated heterocycles. The van der Waals surface area contributed by atoms with Crippen molar-refractivity contribution in [3.05, 3.63) is 101 Å². The number of aryl methyl sites for hydroxylation is 1. The molecular formula is C27H27N3O4. The summed E-state index contributed by atoms with van der Waals surface area (Å²) in [5.41, 5.74) is 3.72. The number of hydrogen-bond donors (Lipinski definition) is 2. The number of likely N-dealkylation sites (N-methyl/N-ethyl adjacent to an activating group) is 1. The van der Waals surface area contributed by atoms with Crippen molar-refractivity contribution in [2.75, 3.05) is 11.9 Å². The third kappa shape index (κ3) is 5.09. The highest BCUT2D eigenvalue weighted by Gasteiger charge is 2.46. The molecule has 1 fully saturated rings. The van der Waals surface area contributed by atoms with Gasteiger partial charge in [-0.25, -0.2) is 4.79 Å². The van der Waals surface area contributed by atoms with Gasteiger partial charge in [0, 0.05) is 17.8 Å². The molecule has 0 bridgehead atoms. The van der Waals surface area contributed by atoms with Gasteiger partial charge in [0.15, 0.2) is 12.1 Å². The number of hydrogen-bond acceptors (Lipinski definition) is 4. The standard InChI is InChI=1S/C27H27N3O4/c1-3-28-26(32)23-24(34-27(33)30(23)17-19-14-12-18(2)13-15-19)21-10-7-11-22(16-21)29-25(31)20-8-5-4-6-9-20/h4-16,23-24H,3,17H2,1-2H3,(H,28,32)(H,29,31)/t23-,24-/m1/s1. The number of carbonyl (C=O) groups excluding carboxylic acids is 3. The maximum absolute atomic E-state index is 13.0. The predicted molar refractivity (Wildman–Crippen MR) is 129 cm³/mol. The summed E-state index contributed by atoms with van der Waals surface area (Å²) in [6.07, 6.45) is -1.36. The van der Waals surface area contributed by atoms with Crippen molar-refractivity contribution in [2.45, 2.75) is 32.5 Å². The summed E-state index contributed by atoms with van der Waals surface area (Å²) in [4.78, 5) is 39.9. The van der Waals surface area contributed by atoms with Gasteiger partial charge in [-0.05, 0) is 49.2 Å². The smallest absolute Gasteiger partial charge is 0.411 e. The maximum Gasteiger partial charge on any atom is 0.411 e. The van der Waals surface area contributed by atoms with Gasteiger partial charge in [-0.3, -0.25) is 14.5 Å². The van der Waals surface area contributed by atoms with E-state index in [2.05, 4.69) is 10.6 Å². The molecular weight excluding hydrogens is 430 g/mol. The van der Waals surface area contributed by atoms with E-state index in [9.17, 15) is 14.4 Å². The Bertz CT molecular complexity index is 1180. The van der Waals surface area contributed by atoms with Crippen LogP contribution in [-0.2, 0) is 16.1 Å². The van der Waals surface area contributed by atoms with E-state index in [-0.39, 0.29) is 18.4 Å². The van der Waals surface area contributed by atoms with Gasteiger partial charge < -0.3 is 15.4 Å². The molecule has 34 heavy (non-hydrogen) atoms. The van der Waals surface area contributed by atoms with Gasteiger partial charge in [-0.15, -0.1) is 0 Å². The Morgan fingerprint density at radius 2 is 1.71 bits per heavy atom. The van der Waals surface area contributed by atoms with E-state index < -0.39 is 18.2 Å². The van der Waals surface area contributed by atoms with Gasteiger partial charge >= 0.3 is 6.09 Å². The Kier molecular flexibility index (Phi) is 6.92. The van der Waals surface area contributed by atoms with Gasteiger partial charge in [-0.1, -0.05) is 60.2 Å². The molecule has 3 aromatic carbocycles. The molecule has 0 aliphatic carbocycles. The van der Waals surface area contributed by atoms with E-state index in [0.717, 1.165) is 11.1 Å². The number of nitrogens with zero attached hydrogens (tertiary/aromatic N) is 1. The van der Waals surface area contributed by atoms with Crippen molar-refractivity contribution in [3.8, 4) is 0 Å². The van der Waals surface area contributed by atoms with Crippen molar-refractivity contribution in [2.24, 2.45) is 0 Å². The number of rotatable bonds is 7. The van der Waals surface area contributed by atoms with E-state index in [1.165, 1.54) is 4.90 Å². The molecule has 3 amide bonds. The first-order valence-electron chi connectivity index (χ1n) is 11.2. The van der Waals surface area contributed by atoms with Crippen molar-refractivity contribution in [1.29, 1.82) is 0 Å². The van der Waals surface area contributed by atoms with Crippen molar-refractivity contribution in [3.63, 3.8) is 0 Å². The zero-order valence-corrected chi connectivity index (χ0v) is 19.2. The first-order chi connectivity index (χ1) is 16.5. The van der Waals surface area contributed by atoms with Crippen molar-refractivity contribution >= 4 is 23.6 Å². The SMILES string of the molecule is CCNC(=O)[C@H]1[C@@H](c2cccc(NC(=O)c3ccccc3)c2)OC(=O)N1Cc1ccc(C)cc1. The number of ether oxygens (including phenoxy) is 1. The second kappa shape index (κ2) is 10.2. The lowest BCUT2D eigenvalue weighted by molar-refractivity contribution is -0.126. The highest BCUT2D eigenvalue weighted by molar-refractivity contribution is 6.04. The topological polar surface area (TPSA) is 87.7 Å². The Hall–Kier alpha value is -4.13. The molecule has 7 nitrogen and oxygen atoms in total. The summed E-state index contributed by atoms with van der Waals surface area (Å²) in [5.74, 6) is -0.536. The summed E-state index contributed by atoms with van der Waals surface area (Å²) in [7, 11) is 0. The monoisotopic (exact) mass is 457 g/mol. The molecule has 1 aliphatic rings. The molecule has 3 aromatic rings. The van der Waals surface area contributed by atoms with Crippen LogP contribution in [0.25, 0.3) is 0 Å². The number of carbonyl (C=O) groups is 3. The third-order valence-corrected chi connectivity index (χ3v) is 5.69. The average molecular weight is 458 g/mol. The Balaban J connectivity index is 1.59. The van der Waals surface area contributed by atoms with Gasteiger partial charge in [0.05, 0.1) is 6.54 Å². The van der Waals surface area contributed by atoms with E-state index >= 15 is 0 Å². The molecule has 0 unspecified atom stereocenters. The van der Waals surface area contributed by atoms with Crippen LogP contribution in [0.3, 0.4) is 0 Å². The van der Waals surface area contributed by atoms with Crippen LogP contribution in [0.1, 0.15) is 40.1 Å². The first kappa shape index (κ1) is 23.0. The van der Waals surface area contributed by atoms with Crippen LogP contribution in [0.2, 0.25) is 0 Å². The fourth-order valence-corrected chi connectivity index (χ4v) is 3.97. The molecule has 4 rings (SSSR count). The average Bonchev–Trinajstić information content (AvgIpc) is 3.17. The van der Waals surface area contributed by atoms with Crippen LogP contribution < -0.4 is 10.6 Å². The minimum absolute atomic E-state index is 0.248. The zero-order chi connectivity index (χ0) is 24.1. The van der Waals surface area contributed by atoms with E-state index in [4.69, 9.17) is 4.74 Å². The summed E-state index contributed by atoms with van der Waals surface area (Å²) in [6, 6.07) is 22.9. The normalized spacial score (nSPS) is 17.2. The maximum atomic E-state index is 13.0. The van der Waals surface area contributed by atoms with Crippen molar-refractivity contribution in [1.82, 2.24) is 10.2 Å². The molecule has 1 aliphatic heterocycles. The lowest BCUT2D eigenvalue weighted by Gasteiger charge is -2.24. The summed E-state index contributed by atoms with van der Waals surface area (Å²) in [6.45, 7) is 4.50. The number of benzene rings is 3. The molecule has 0 aromatic heterocycles. The van der Waals surface area contributed by atoms with Gasteiger partial charge in [-0.2, -0.15) is 0 Å². The van der Waals surface area contributed by atoms with Crippen LogP contribution in [0.4, 0.5) is 10.5 Å². The second-order valence-electron chi connectivity index (χ2n) is 8.20. The quantitative estimate of drug-likeness (QED) is 0.549. The fraction of sp³-hybridized carbons (Fsp3) is 0.222. The van der Waals surface area contributed by atoms with E-state index in [1.54, 1.807) is 48.5 Å². The van der Waals surface area contributed by atoms with E-state index in [1.807, 2.05) is 44.2 Å². The number of cyclic esters (lactones) is 1. The lowest BCUT2D eigenvalue weighted by atomic mass is 10.00. The second-order valence-corrected chi connectivity index (χ2v) is 8.20. The third-order valence-electron chi connectivity index (χ3n) is 5.69. The minimum Gasteiger partial charge on any atom is -0.438 e. The molecule has 2 N–H and O–H groups in total. The minimum atomic E-state index is -0.839. The van der Waals surface area contributed by atoms with Crippen LogP contribution in [0.15, 0.2) is 78.9 Å². The van der Waals surface area contributed by atoms with Gasteiger partial charge in [0.2, 0.25) is 5.91 Å². The predicted octanol–water partition coefficient (Wildman–Crippen LogP) is 4.45. The molecule has 2 atom stereocenters. The van der Waals surface area contributed by atoms with Crippen LogP contribution >= 0.6 is 0 Å². The van der Waals surface area contributed by atoms with Crippen molar-refractivity contribution < 1.29 is 19.1 Å². The largest absolute Gasteiger partial charge is 0.438 e. The number of nitrogens with one attached hydrogen (secondary N) is 2. The Morgan fingerprint density at radius 1 is 0.971 bits per heavy atom. The highest BCUT2D eigenvalue weighted by atomic mass is 16.6. The number of amides is 3. The summed E-state index contributed by atoms with van der Waals surface area (Å²) < 4.78 is 5.69. The first-order valence-corrected chi connectivity index (χ1v) is 11.2. The summed E-state index contributed by atoms with van der Waals surface area (Å²) in [5, 5.41) is 5.68. The number of anilines is 1. The van der Waals surface area contributed by atoms with Crippen LogP contribution in [-0.4, -0.2) is 35.4 Å². The molecule has 1 heterocycles. The highest BCUT2D eigenvalue weighted by Crippen LogP contribution is 2.35. The lowest BCUT2D eigenvalue weighted by Crippen LogP contribution is -2.46. The molecule has 0 spiro atoms. The molecule has 7 heteroatoms. The fourth-order valence-electron chi connectivity index (χ4n) is 3.97. The molecule has 0 radical (unpaired) electrons. The Labute approximate surface area is 198 Å². The molecule has 0 saturated carbocycles. The van der Waals surface area contributed by atoms with Gasteiger partial charge in [0.25, 0.3) is 5.91 Å². The Morgan fingerprint density at radius 3 is 2.41 bits per heavy atom. The molecule has 174 valence electrons. The van der Waals surface area contributed by atoms with Gasteiger partial charge in [0.1, 0.15) is 0 Å².